The molecule has 2 aromatic carbocycles. The molecular weight excluding hydrogens is 382 g/mol. The predicted molar refractivity (Wildman–Crippen MR) is 103 cm³/mol. The van der Waals surface area contributed by atoms with E-state index in [9.17, 15) is 18.0 Å². The summed E-state index contributed by atoms with van der Waals surface area (Å²) < 4.78 is 29.6. The molecule has 1 amide bonds. The van der Waals surface area contributed by atoms with Gasteiger partial charge in [0.25, 0.3) is 15.9 Å². The number of fused-ring (bicyclic) bond motifs is 1. The largest absolute Gasteiger partial charge is 0.465 e. The minimum Gasteiger partial charge on any atom is -0.465 e. The van der Waals surface area contributed by atoms with E-state index in [-0.39, 0.29) is 17.0 Å². The van der Waals surface area contributed by atoms with Gasteiger partial charge in [-0.1, -0.05) is 30.3 Å². The number of nitrogens with zero attached hydrogens (tertiary/aromatic N) is 1. The van der Waals surface area contributed by atoms with E-state index in [0.29, 0.717) is 6.54 Å². The first kappa shape index (κ1) is 19.8. The van der Waals surface area contributed by atoms with Crippen LogP contribution in [-0.2, 0) is 26.0 Å². The summed E-state index contributed by atoms with van der Waals surface area (Å²) in [6.07, 6.45) is 1.87. The van der Waals surface area contributed by atoms with Gasteiger partial charge in [0.1, 0.15) is 0 Å². The lowest BCUT2D eigenvalue weighted by Crippen LogP contribution is -2.47. The number of methoxy groups -OCH3 is 1. The molecule has 0 unspecified atom stereocenters. The number of hydrogen-bond donors (Lipinski definition) is 2. The third kappa shape index (κ3) is 4.32. The van der Waals surface area contributed by atoms with Crippen LogP contribution in [0.1, 0.15) is 22.3 Å². The number of para-hydroxylation sites is 1. The Hall–Kier alpha value is -2.91. The highest BCUT2D eigenvalue weighted by atomic mass is 32.2. The number of carbonyl (C=O) groups excluding carboxylic acids is 2. The SMILES string of the molecule is COC(=O)c1ccccc1S(=O)(=O)NNC(=O)CN1CCCc2ccccc21. The molecule has 148 valence electrons. The second-order valence-electron chi connectivity index (χ2n) is 6.30. The highest BCUT2D eigenvalue weighted by Crippen LogP contribution is 2.26. The van der Waals surface area contributed by atoms with Crippen LogP contribution in [0.2, 0.25) is 0 Å². The topological polar surface area (TPSA) is 105 Å². The molecule has 2 aromatic rings. The van der Waals surface area contributed by atoms with E-state index in [0.717, 1.165) is 31.2 Å². The summed E-state index contributed by atoms with van der Waals surface area (Å²) in [5.74, 6) is -1.28. The third-order valence-electron chi connectivity index (χ3n) is 4.45. The average molecular weight is 403 g/mol. The molecule has 0 spiro atoms. The number of benzene rings is 2. The summed E-state index contributed by atoms with van der Waals surface area (Å²) in [6.45, 7) is 0.723. The molecule has 9 heteroatoms. The number of nitrogens with one attached hydrogen (secondary N) is 2. The number of carbonyl (C=O) groups is 2. The van der Waals surface area contributed by atoms with Gasteiger partial charge in [-0.25, -0.2) is 13.2 Å². The number of hydrazine groups is 1. The summed E-state index contributed by atoms with van der Waals surface area (Å²) in [7, 11) is -2.98. The maximum absolute atomic E-state index is 12.5. The van der Waals surface area contributed by atoms with Crippen LogP contribution >= 0.6 is 0 Å². The normalized spacial score (nSPS) is 13.5. The standard InChI is InChI=1S/C19H21N3O5S/c1-27-19(24)15-9-3-5-11-17(15)28(25,26)21-20-18(23)13-22-12-6-8-14-7-2-4-10-16(14)22/h2-5,7,9-11,21H,6,8,12-13H2,1H3,(H,20,23). The van der Waals surface area contributed by atoms with Crippen LogP contribution in [0.3, 0.4) is 0 Å². The molecule has 8 nitrogen and oxygen atoms in total. The van der Waals surface area contributed by atoms with Crippen molar-refractivity contribution in [3.63, 3.8) is 0 Å². The molecule has 28 heavy (non-hydrogen) atoms. The van der Waals surface area contributed by atoms with Crippen LogP contribution < -0.4 is 15.2 Å². The van der Waals surface area contributed by atoms with Crippen LogP contribution in [0, 0.1) is 0 Å². The molecule has 0 atom stereocenters. The quantitative estimate of drug-likeness (QED) is 0.555. The first-order valence-corrected chi connectivity index (χ1v) is 10.2. The van der Waals surface area contributed by atoms with Crippen molar-refractivity contribution in [1.29, 1.82) is 0 Å². The number of hydrogen-bond acceptors (Lipinski definition) is 6. The summed E-state index contributed by atoms with van der Waals surface area (Å²) >= 11 is 0. The monoisotopic (exact) mass is 403 g/mol. The van der Waals surface area contributed by atoms with Gasteiger partial charge in [-0.2, -0.15) is 0 Å². The molecule has 0 aliphatic carbocycles. The van der Waals surface area contributed by atoms with E-state index in [2.05, 4.69) is 10.2 Å². The zero-order valence-electron chi connectivity index (χ0n) is 15.3. The van der Waals surface area contributed by atoms with E-state index in [1.807, 2.05) is 34.0 Å². The van der Waals surface area contributed by atoms with Crippen molar-refractivity contribution in [2.24, 2.45) is 0 Å². The molecule has 0 fully saturated rings. The number of amides is 1. The number of anilines is 1. The van der Waals surface area contributed by atoms with Crippen molar-refractivity contribution in [3.05, 3.63) is 59.7 Å². The second kappa shape index (κ2) is 8.41. The van der Waals surface area contributed by atoms with Gasteiger partial charge in [0.2, 0.25) is 0 Å². The highest BCUT2D eigenvalue weighted by molar-refractivity contribution is 7.89. The van der Waals surface area contributed by atoms with Gasteiger partial charge in [0.05, 0.1) is 24.1 Å². The zero-order valence-corrected chi connectivity index (χ0v) is 16.2. The molecule has 1 heterocycles. The fourth-order valence-corrected chi connectivity index (χ4v) is 4.20. The Labute approximate surface area is 163 Å². The first-order valence-electron chi connectivity index (χ1n) is 8.73. The highest BCUT2D eigenvalue weighted by Gasteiger charge is 2.24. The minimum atomic E-state index is -4.14. The average Bonchev–Trinajstić information content (AvgIpc) is 2.72. The molecule has 3 rings (SSSR count). The Morgan fingerprint density at radius 2 is 1.82 bits per heavy atom. The van der Waals surface area contributed by atoms with Crippen molar-refractivity contribution in [2.45, 2.75) is 17.7 Å². The summed E-state index contributed by atoms with van der Waals surface area (Å²) in [6, 6.07) is 13.4. The molecule has 2 N–H and O–H groups in total. The molecule has 1 aliphatic rings. The maximum Gasteiger partial charge on any atom is 0.339 e. The molecule has 0 saturated carbocycles. The number of sulfonamides is 1. The Kier molecular flexibility index (Phi) is 5.96. The smallest absolute Gasteiger partial charge is 0.339 e. The summed E-state index contributed by atoms with van der Waals surface area (Å²) in [5, 5.41) is 0. The molecule has 0 aromatic heterocycles. The lowest BCUT2D eigenvalue weighted by Gasteiger charge is -2.30. The van der Waals surface area contributed by atoms with Crippen molar-refractivity contribution in [3.8, 4) is 0 Å². The molecule has 1 aliphatic heterocycles. The van der Waals surface area contributed by atoms with Gasteiger partial charge in [-0.15, -0.1) is 4.83 Å². The molecule has 0 saturated heterocycles. The van der Waals surface area contributed by atoms with E-state index < -0.39 is 21.9 Å². The van der Waals surface area contributed by atoms with Crippen molar-refractivity contribution >= 4 is 27.6 Å². The van der Waals surface area contributed by atoms with Gasteiger partial charge in [-0.3, -0.25) is 10.2 Å². The summed E-state index contributed by atoms with van der Waals surface area (Å²) in [5.41, 5.74) is 4.23. The van der Waals surface area contributed by atoms with E-state index in [1.54, 1.807) is 0 Å². The Morgan fingerprint density at radius 3 is 2.61 bits per heavy atom. The van der Waals surface area contributed by atoms with Crippen LogP contribution in [-0.4, -0.2) is 40.5 Å². The van der Waals surface area contributed by atoms with Gasteiger partial charge in [0.15, 0.2) is 0 Å². The Bertz CT molecular complexity index is 991. The van der Waals surface area contributed by atoms with E-state index in [1.165, 1.54) is 24.3 Å². The lowest BCUT2D eigenvalue weighted by atomic mass is 10.0. The Morgan fingerprint density at radius 1 is 1.11 bits per heavy atom. The molecular formula is C19H21N3O5S. The van der Waals surface area contributed by atoms with Crippen molar-refractivity contribution < 1.29 is 22.7 Å². The van der Waals surface area contributed by atoms with Gasteiger partial charge in [-0.05, 0) is 36.6 Å². The lowest BCUT2D eigenvalue weighted by molar-refractivity contribution is -0.120. The van der Waals surface area contributed by atoms with Crippen LogP contribution in [0.15, 0.2) is 53.4 Å². The minimum absolute atomic E-state index is 0.0121. The third-order valence-corrected chi connectivity index (χ3v) is 5.75. The predicted octanol–water partition coefficient (Wildman–Crippen LogP) is 1.24. The van der Waals surface area contributed by atoms with E-state index in [4.69, 9.17) is 0 Å². The molecule has 0 bridgehead atoms. The fourth-order valence-electron chi connectivity index (χ4n) is 3.15. The van der Waals surface area contributed by atoms with Crippen molar-refractivity contribution in [2.75, 3.05) is 25.1 Å². The van der Waals surface area contributed by atoms with Gasteiger partial charge >= 0.3 is 5.97 Å². The number of esters is 1. The van der Waals surface area contributed by atoms with E-state index >= 15 is 0 Å². The maximum atomic E-state index is 12.5. The van der Waals surface area contributed by atoms with Crippen LogP contribution in [0.25, 0.3) is 0 Å². The van der Waals surface area contributed by atoms with Crippen LogP contribution in [0.5, 0.6) is 0 Å². The zero-order chi connectivity index (χ0) is 20.1. The fraction of sp³-hybridized carbons (Fsp3) is 0.263. The first-order chi connectivity index (χ1) is 13.4. The van der Waals surface area contributed by atoms with Crippen molar-refractivity contribution in [1.82, 2.24) is 10.3 Å². The summed E-state index contributed by atoms with van der Waals surface area (Å²) in [4.78, 5) is 27.8. The van der Waals surface area contributed by atoms with Gasteiger partial charge in [0, 0.05) is 12.2 Å². The number of rotatable bonds is 6. The number of aryl methyl sites for hydroxylation is 1. The molecule has 0 radical (unpaired) electrons. The second-order valence-corrected chi connectivity index (χ2v) is 7.95. The Balaban J connectivity index is 1.68. The number of ether oxygens (including phenoxy) is 1. The van der Waals surface area contributed by atoms with Crippen LogP contribution in [0.4, 0.5) is 5.69 Å². The van der Waals surface area contributed by atoms with Gasteiger partial charge < -0.3 is 9.64 Å².